The average Bonchev–Trinajstić information content (AvgIpc) is 3.06. The van der Waals surface area contributed by atoms with Crippen molar-refractivity contribution in [2.24, 2.45) is 0 Å². The van der Waals surface area contributed by atoms with Crippen molar-refractivity contribution in [2.45, 2.75) is 0 Å². The smallest absolute Gasteiger partial charge is 0.312 e. The van der Waals surface area contributed by atoms with Crippen LogP contribution in [0.3, 0.4) is 0 Å². The molecule has 0 aliphatic heterocycles. The van der Waals surface area contributed by atoms with Crippen LogP contribution >= 0.6 is 0 Å². The van der Waals surface area contributed by atoms with E-state index >= 15 is 0 Å². The Hall–Kier alpha value is -3.47. The number of benzene rings is 3. The maximum atomic E-state index is 12.3. The normalized spacial score (nSPS) is 10.7. The van der Waals surface area contributed by atoms with Gasteiger partial charge in [-0.3, -0.25) is 0 Å². The number of nitrogens with zero attached hydrogens (tertiary/aromatic N) is 3. The molecular formula is C19H13N3O2. The summed E-state index contributed by atoms with van der Waals surface area (Å²) in [6.07, 6.45) is 0. The van der Waals surface area contributed by atoms with E-state index < -0.39 is 5.97 Å². The van der Waals surface area contributed by atoms with Gasteiger partial charge in [0.1, 0.15) is 11.0 Å². The van der Waals surface area contributed by atoms with Crippen molar-refractivity contribution in [1.82, 2.24) is 15.2 Å². The molecule has 24 heavy (non-hydrogen) atoms. The molecule has 116 valence electrons. The minimum absolute atomic E-state index is 0.453. The van der Waals surface area contributed by atoms with E-state index in [-0.39, 0.29) is 0 Å². The Balaban J connectivity index is 1.56. The van der Waals surface area contributed by atoms with Gasteiger partial charge in [-0.2, -0.15) is 0 Å². The second-order valence-electron chi connectivity index (χ2n) is 5.27. The molecule has 0 spiro atoms. The lowest BCUT2D eigenvalue weighted by Crippen LogP contribution is -2.20. The van der Waals surface area contributed by atoms with Crippen molar-refractivity contribution in [3.8, 4) is 11.1 Å². The predicted molar refractivity (Wildman–Crippen MR) is 90.3 cm³/mol. The van der Waals surface area contributed by atoms with Crippen molar-refractivity contribution in [3.63, 3.8) is 0 Å². The fourth-order valence-electron chi connectivity index (χ4n) is 2.48. The van der Waals surface area contributed by atoms with Gasteiger partial charge < -0.3 is 4.84 Å². The van der Waals surface area contributed by atoms with Crippen LogP contribution in [0.25, 0.3) is 22.2 Å². The molecule has 4 aromatic rings. The van der Waals surface area contributed by atoms with Crippen LogP contribution in [0, 0.1) is 0 Å². The number of hydrogen-bond acceptors (Lipinski definition) is 4. The van der Waals surface area contributed by atoms with Crippen LogP contribution in [0.15, 0.2) is 78.9 Å². The summed E-state index contributed by atoms with van der Waals surface area (Å²) >= 11 is 0. The summed E-state index contributed by atoms with van der Waals surface area (Å²) in [4.78, 5) is 18.7. The van der Waals surface area contributed by atoms with Crippen molar-refractivity contribution in [2.75, 3.05) is 0 Å². The highest BCUT2D eigenvalue weighted by molar-refractivity contribution is 5.90. The van der Waals surface area contributed by atoms with Crippen molar-refractivity contribution in [1.29, 1.82) is 0 Å². The summed E-state index contributed by atoms with van der Waals surface area (Å²) in [6, 6.07) is 24.5. The van der Waals surface area contributed by atoms with E-state index in [2.05, 4.69) is 10.3 Å². The summed E-state index contributed by atoms with van der Waals surface area (Å²) in [6.45, 7) is 0. The SMILES string of the molecule is O=C(On1nnc2ccccc21)c1ccc(-c2ccccc2)cc1. The minimum atomic E-state index is -0.481. The number of rotatable bonds is 3. The number of para-hydroxylation sites is 1. The zero-order valence-electron chi connectivity index (χ0n) is 12.7. The molecule has 0 radical (unpaired) electrons. The fourth-order valence-corrected chi connectivity index (χ4v) is 2.48. The summed E-state index contributed by atoms with van der Waals surface area (Å²) < 4.78 is 0. The van der Waals surface area contributed by atoms with Gasteiger partial charge in [0.25, 0.3) is 0 Å². The summed E-state index contributed by atoms with van der Waals surface area (Å²) in [7, 11) is 0. The molecule has 0 bridgehead atoms. The molecule has 1 aromatic heterocycles. The summed E-state index contributed by atoms with van der Waals surface area (Å²) in [5, 5.41) is 7.80. The maximum absolute atomic E-state index is 12.3. The van der Waals surface area contributed by atoms with Crippen molar-refractivity contribution < 1.29 is 9.63 Å². The zero-order chi connectivity index (χ0) is 16.4. The largest absolute Gasteiger partial charge is 0.365 e. The highest BCUT2D eigenvalue weighted by atomic mass is 16.7. The van der Waals surface area contributed by atoms with Gasteiger partial charge in [-0.1, -0.05) is 59.4 Å². The van der Waals surface area contributed by atoms with Crippen LogP contribution in [0.4, 0.5) is 0 Å². The third-order valence-electron chi connectivity index (χ3n) is 3.72. The number of hydrogen-bond donors (Lipinski definition) is 0. The van der Waals surface area contributed by atoms with Gasteiger partial charge in [-0.25, -0.2) is 4.79 Å². The molecule has 0 aliphatic rings. The Morgan fingerprint density at radius 2 is 1.46 bits per heavy atom. The fraction of sp³-hybridized carbons (Fsp3) is 0. The van der Waals surface area contributed by atoms with Crippen LogP contribution in [0.2, 0.25) is 0 Å². The topological polar surface area (TPSA) is 57.0 Å². The lowest BCUT2D eigenvalue weighted by Gasteiger charge is -2.05. The van der Waals surface area contributed by atoms with Crippen LogP contribution in [-0.2, 0) is 0 Å². The molecule has 0 fully saturated rings. The molecular weight excluding hydrogens is 302 g/mol. The molecule has 0 N–H and O–H groups in total. The molecule has 0 amide bonds. The first-order valence-corrected chi connectivity index (χ1v) is 7.50. The van der Waals surface area contributed by atoms with Gasteiger partial charge >= 0.3 is 5.97 Å². The molecule has 0 unspecified atom stereocenters. The van der Waals surface area contributed by atoms with Gasteiger partial charge in [0.2, 0.25) is 0 Å². The van der Waals surface area contributed by atoms with Gasteiger partial charge in [-0.05, 0) is 40.6 Å². The quantitative estimate of drug-likeness (QED) is 0.544. The molecule has 3 aromatic carbocycles. The van der Waals surface area contributed by atoms with Crippen LogP contribution in [-0.4, -0.2) is 21.1 Å². The highest BCUT2D eigenvalue weighted by Gasteiger charge is 2.12. The van der Waals surface area contributed by atoms with E-state index in [1.165, 1.54) is 0 Å². The Bertz CT molecular complexity index is 992. The maximum Gasteiger partial charge on any atom is 0.365 e. The molecule has 0 saturated carbocycles. The molecule has 0 atom stereocenters. The van der Waals surface area contributed by atoms with E-state index in [0.29, 0.717) is 16.6 Å². The molecule has 0 saturated heterocycles. The molecule has 5 nitrogen and oxygen atoms in total. The summed E-state index contributed by atoms with van der Waals surface area (Å²) in [5.41, 5.74) is 3.91. The van der Waals surface area contributed by atoms with E-state index in [1.807, 2.05) is 54.6 Å². The average molecular weight is 315 g/mol. The Labute approximate surface area is 138 Å². The lowest BCUT2D eigenvalue weighted by molar-refractivity contribution is 0.0409. The van der Waals surface area contributed by atoms with E-state index in [1.54, 1.807) is 24.3 Å². The van der Waals surface area contributed by atoms with Crippen molar-refractivity contribution in [3.05, 3.63) is 84.4 Å². The predicted octanol–water partition coefficient (Wildman–Crippen LogP) is 3.37. The van der Waals surface area contributed by atoms with Crippen LogP contribution < -0.4 is 4.84 Å². The third kappa shape index (κ3) is 2.63. The first-order valence-electron chi connectivity index (χ1n) is 7.50. The van der Waals surface area contributed by atoms with Crippen LogP contribution in [0.5, 0.6) is 0 Å². The third-order valence-corrected chi connectivity index (χ3v) is 3.72. The highest BCUT2D eigenvalue weighted by Crippen LogP contribution is 2.19. The monoisotopic (exact) mass is 315 g/mol. The van der Waals surface area contributed by atoms with Crippen molar-refractivity contribution >= 4 is 17.0 Å². The standard InChI is InChI=1S/C19H13N3O2/c23-19(24-22-18-9-5-4-8-17(18)20-21-22)16-12-10-15(11-13-16)14-6-2-1-3-7-14/h1-13H. The minimum Gasteiger partial charge on any atom is -0.312 e. The Morgan fingerprint density at radius 1 is 0.792 bits per heavy atom. The number of carbonyl (C=O) groups excluding carboxylic acids is 1. The molecule has 1 heterocycles. The van der Waals surface area contributed by atoms with Gasteiger partial charge in [0.05, 0.1) is 5.56 Å². The second kappa shape index (κ2) is 5.96. The molecule has 4 rings (SSSR count). The zero-order valence-corrected chi connectivity index (χ0v) is 12.7. The summed E-state index contributed by atoms with van der Waals surface area (Å²) in [5.74, 6) is -0.481. The van der Waals surface area contributed by atoms with E-state index in [0.717, 1.165) is 16.0 Å². The first kappa shape index (κ1) is 14.1. The van der Waals surface area contributed by atoms with Gasteiger partial charge in [0, 0.05) is 0 Å². The van der Waals surface area contributed by atoms with E-state index in [9.17, 15) is 4.79 Å². The molecule has 5 heteroatoms. The number of aromatic nitrogens is 3. The van der Waals surface area contributed by atoms with E-state index in [4.69, 9.17) is 4.84 Å². The van der Waals surface area contributed by atoms with Crippen LogP contribution in [0.1, 0.15) is 10.4 Å². The second-order valence-corrected chi connectivity index (χ2v) is 5.27. The Morgan fingerprint density at radius 3 is 2.25 bits per heavy atom. The van der Waals surface area contributed by atoms with Gasteiger partial charge in [-0.15, -0.1) is 5.10 Å². The first-order chi connectivity index (χ1) is 11.8. The number of carbonyl (C=O) groups is 1. The number of fused-ring (bicyclic) bond motifs is 1. The lowest BCUT2D eigenvalue weighted by atomic mass is 10.0. The Kier molecular flexibility index (Phi) is 3.51. The molecule has 0 aliphatic carbocycles. The van der Waals surface area contributed by atoms with Gasteiger partial charge in [0.15, 0.2) is 0 Å².